The molecule has 11 heteroatoms. The van der Waals surface area contributed by atoms with Crippen molar-refractivity contribution in [3.8, 4) is 0 Å². The van der Waals surface area contributed by atoms with Crippen molar-refractivity contribution in [3.05, 3.63) is 6.33 Å². The molecule has 0 saturated carbocycles. The monoisotopic (exact) mass is 337 g/mol. The second-order valence-electron chi connectivity index (χ2n) is 5.64. The van der Waals surface area contributed by atoms with Gasteiger partial charge < -0.3 is 25.8 Å². The molecular weight excluding hydrogens is 318 g/mol. The summed E-state index contributed by atoms with van der Waals surface area (Å²) >= 11 is 0. The Kier molecular flexibility index (Phi) is 4.32. The van der Waals surface area contributed by atoms with Gasteiger partial charge in [0.15, 0.2) is 23.2 Å². The lowest BCUT2D eigenvalue weighted by Crippen LogP contribution is -2.33. The summed E-state index contributed by atoms with van der Waals surface area (Å²) < 4.78 is 6.99. The number of aliphatic hydroxyl groups excluding tert-OH is 3. The minimum atomic E-state index is -1.29. The van der Waals surface area contributed by atoms with Gasteiger partial charge in [0.1, 0.15) is 24.6 Å². The standard InChI is InChI=1S/C13H19N7O4/c1-5(2)18-19-13-17-7-10(14)15-4-16-11(7)20(13)12-9(23)8(22)6(3-21)24-12/h4,6,8-9,12,21-23H,3H2,1-2H3,(H,17,19)(H2,14,15,16)/t6-,8-,9-,12+/m1/s1. The van der Waals surface area contributed by atoms with Crippen molar-refractivity contribution in [1.82, 2.24) is 19.5 Å². The summed E-state index contributed by atoms with van der Waals surface area (Å²) in [5.74, 6) is 0.374. The molecule has 0 bridgehead atoms. The molecule has 1 fully saturated rings. The van der Waals surface area contributed by atoms with Gasteiger partial charge in [-0.25, -0.2) is 20.4 Å². The number of hydrazone groups is 1. The minimum Gasteiger partial charge on any atom is -0.394 e. The zero-order chi connectivity index (χ0) is 17.4. The second kappa shape index (κ2) is 6.28. The highest BCUT2D eigenvalue weighted by atomic mass is 16.6. The van der Waals surface area contributed by atoms with E-state index in [1.165, 1.54) is 10.9 Å². The Balaban J connectivity index is 2.13. The second-order valence-corrected chi connectivity index (χ2v) is 5.64. The number of hydrogen-bond acceptors (Lipinski definition) is 10. The fraction of sp³-hybridized carbons (Fsp3) is 0.538. The lowest BCUT2D eigenvalue weighted by molar-refractivity contribution is -0.0501. The highest BCUT2D eigenvalue weighted by Crippen LogP contribution is 2.35. The van der Waals surface area contributed by atoms with Gasteiger partial charge in [0, 0.05) is 5.71 Å². The molecule has 2 aromatic rings. The van der Waals surface area contributed by atoms with E-state index in [1.54, 1.807) is 13.8 Å². The van der Waals surface area contributed by atoms with Crippen LogP contribution in [0.25, 0.3) is 11.2 Å². The lowest BCUT2D eigenvalue weighted by atomic mass is 10.1. The third-order valence-electron chi connectivity index (χ3n) is 3.66. The van der Waals surface area contributed by atoms with Crippen molar-refractivity contribution in [2.45, 2.75) is 38.4 Å². The molecule has 0 radical (unpaired) electrons. The van der Waals surface area contributed by atoms with Crippen LogP contribution in [0.5, 0.6) is 0 Å². The number of nitrogen functional groups attached to an aromatic ring is 1. The molecule has 0 spiro atoms. The smallest absolute Gasteiger partial charge is 0.228 e. The third kappa shape index (κ3) is 2.67. The number of anilines is 2. The molecule has 1 saturated heterocycles. The molecule has 6 N–H and O–H groups in total. The summed E-state index contributed by atoms with van der Waals surface area (Å²) in [6.45, 7) is 3.15. The van der Waals surface area contributed by atoms with Crippen LogP contribution in [-0.2, 0) is 4.74 Å². The van der Waals surface area contributed by atoms with Crippen molar-refractivity contribution in [2.24, 2.45) is 5.10 Å². The molecule has 3 rings (SSSR count). The molecule has 0 amide bonds. The Labute approximate surface area is 136 Å². The van der Waals surface area contributed by atoms with Gasteiger partial charge in [-0.15, -0.1) is 0 Å². The number of nitrogens with two attached hydrogens (primary N) is 1. The van der Waals surface area contributed by atoms with E-state index < -0.39 is 31.1 Å². The molecule has 3 heterocycles. The van der Waals surface area contributed by atoms with Crippen molar-refractivity contribution >= 4 is 28.6 Å². The Morgan fingerprint density at radius 2 is 2.12 bits per heavy atom. The Morgan fingerprint density at radius 1 is 1.38 bits per heavy atom. The fourth-order valence-electron chi connectivity index (χ4n) is 2.50. The van der Waals surface area contributed by atoms with Gasteiger partial charge in [-0.3, -0.25) is 4.57 Å². The molecule has 24 heavy (non-hydrogen) atoms. The SMILES string of the molecule is CC(C)=NNc1nc2c(N)ncnc2n1[C@H]1O[C@H](CO)[C@@H](O)[C@H]1O. The lowest BCUT2D eigenvalue weighted by Gasteiger charge is -2.18. The van der Waals surface area contributed by atoms with Crippen LogP contribution in [0.15, 0.2) is 11.4 Å². The van der Waals surface area contributed by atoms with Crippen LogP contribution < -0.4 is 11.2 Å². The number of ether oxygens (including phenoxy) is 1. The molecule has 0 aliphatic carbocycles. The normalized spacial score (nSPS) is 26.7. The number of aliphatic hydroxyl groups is 3. The van der Waals surface area contributed by atoms with Crippen LogP contribution in [0.1, 0.15) is 20.1 Å². The number of aromatic nitrogens is 4. The molecule has 2 aromatic heterocycles. The van der Waals surface area contributed by atoms with Gasteiger partial charge >= 0.3 is 0 Å². The fourth-order valence-corrected chi connectivity index (χ4v) is 2.50. The molecule has 130 valence electrons. The van der Waals surface area contributed by atoms with Gasteiger partial charge in [0.05, 0.1) is 6.61 Å². The number of rotatable bonds is 4. The van der Waals surface area contributed by atoms with Crippen molar-refractivity contribution in [3.63, 3.8) is 0 Å². The van der Waals surface area contributed by atoms with E-state index in [9.17, 15) is 15.3 Å². The van der Waals surface area contributed by atoms with E-state index in [0.717, 1.165) is 5.71 Å². The molecule has 11 nitrogen and oxygen atoms in total. The average Bonchev–Trinajstić information content (AvgIpc) is 3.05. The molecule has 4 atom stereocenters. The van der Waals surface area contributed by atoms with Gasteiger partial charge in [-0.2, -0.15) is 5.10 Å². The summed E-state index contributed by atoms with van der Waals surface area (Å²) in [7, 11) is 0. The molecule has 1 aliphatic rings. The van der Waals surface area contributed by atoms with Crippen molar-refractivity contribution < 1.29 is 20.1 Å². The number of imidazole rings is 1. The highest BCUT2D eigenvalue weighted by Gasteiger charge is 2.45. The Bertz CT molecular complexity index is 773. The van der Waals surface area contributed by atoms with Gasteiger partial charge in [0.25, 0.3) is 0 Å². The summed E-state index contributed by atoms with van der Waals surface area (Å²) in [6.07, 6.45) is -3.23. The highest BCUT2D eigenvalue weighted by molar-refractivity contribution is 5.84. The van der Waals surface area contributed by atoms with Crippen LogP contribution in [0.2, 0.25) is 0 Å². The summed E-state index contributed by atoms with van der Waals surface area (Å²) in [6, 6.07) is 0. The number of fused-ring (bicyclic) bond motifs is 1. The molecule has 0 aromatic carbocycles. The predicted molar refractivity (Wildman–Crippen MR) is 85.2 cm³/mol. The van der Waals surface area contributed by atoms with Crippen LogP contribution in [0.3, 0.4) is 0 Å². The summed E-state index contributed by atoms with van der Waals surface area (Å²) in [5.41, 5.74) is 9.94. The van der Waals surface area contributed by atoms with E-state index in [2.05, 4.69) is 25.5 Å². The first-order chi connectivity index (χ1) is 11.4. The molecular formula is C13H19N7O4. The van der Waals surface area contributed by atoms with Crippen molar-refractivity contribution in [1.29, 1.82) is 0 Å². The van der Waals surface area contributed by atoms with Gasteiger partial charge in [-0.05, 0) is 13.8 Å². The first-order valence-corrected chi connectivity index (χ1v) is 7.31. The zero-order valence-electron chi connectivity index (χ0n) is 13.2. The van der Waals surface area contributed by atoms with E-state index in [4.69, 9.17) is 10.5 Å². The number of nitrogens with one attached hydrogen (secondary N) is 1. The van der Waals surface area contributed by atoms with E-state index >= 15 is 0 Å². The topological polar surface area (TPSA) is 164 Å². The van der Waals surface area contributed by atoms with Crippen LogP contribution >= 0.6 is 0 Å². The largest absolute Gasteiger partial charge is 0.394 e. The van der Waals surface area contributed by atoms with Crippen LogP contribution in [0.4, 0.5) is 11.8 Å². The van der Waals surface area contributed by atoms with E-state index in [0.29, 0.717) is 11.2 Å². The Hall–Kier alpha value is -2.34. The van der Waals surface area contributed by atoms with Crippen LogP contribution in [-0.4, -0.2) is 65.5 Å². The maximum Gasteiger partial charge on any atom is 0.228 e. The minimum absolute atomic E-state index is 0.158. The third-order valence-corrected chi connectivity index (χ3v) is 3.66. The first kappa shape index (κ1) is 16.5. The Morgan fingerprint density at radius 3 is 2.75 bits per heavy atom. The van der Waals surface area contributed by atoms with Gasteiger partial charge in [0.2, 0.25) is 5.95 Å². The van der Waals surface area contributed by atoms with Crippen molar-refractivity contribution in [2.75, 3.05) is 17.8 Å². The predicted octanol–water partition coefficient (Wildman–Crippen LogP) is -1.17. The maximum absolute atomic E-state index is 10.3. The number of hydrogen-bond donors (Lipinski definition) is 5. The number of nitrogens with zero attached hydrogens (tertiary/aromatic N) is 5. The molecule has 1 aliphatic heterocycles. The van der Waals surface area contributed by atoms with E-state index in [1.807, 2.05) is 0 Å². The summed E-state index contributed by atoms with van der Waals surface area (Å²) in [5, 5.41) is 33.6. The maximum atomic E-state index is 10.3. The first-order valence-electron chi connectivity index (χ1n) is 7.31. The zero-order valence-corrected chi connectivity index (χ0v) is 13.2. The quantitative estimate of drug-likeness (QED) is 0.341. The van der Waals surface area contributed by atoms with E-state index in [-0.39, 0.29) is 11.8 Å². The van der Waals surface area contributed by atoms with Gasteiger partial charge in [-0.1, -0.05) is 0 Å². The summed E-state index contributed by atoms with van der Waals surface area (Å²) in [4.78, 5) is 12.3. The molecule has 0 unspecified atom stereocenters. The van der Waals surface area contributed by atoms with Crippen LogP contribution in [0, 0.1) is 0 Å². The average molecular weight is 337 g/mol.